The van der Waals surface area contributed by atoms with E-state index in [2.05, 4.69) is 56.3 Å². The maximum absolute atomic E-state index is 2.48. The van der Waals surface area contributed by atoms with Crippen molar-refractivity contribution in [1.82, 2.24) is 0 Å². The van der Waals surface area contributed by atoms with Crippen molar-refractivity contribution in [2.45, 2.75) is 84.5 Å². The van der Waals surface area contributed by atoms with E-state index in [1.807, 2.05) is 0 Å². The maximum atomic E-state index is 2.48. The van der Waals surface area contributed by atoms with Gasteiger partial charge in [-0.1, -0.05) is 88.4 Å². The zero-order valence-electron chi connectivity index (χ0n) is 18.1. The fourth-order valence-electron chi connectivity index (χ4n) is 5.74. The van der Waals surface area contributed by atoms with Crippen LogP contribution in [0.3, 0.4) is 0 Å². The van der Waals surface area contributed by atoms with E-state index >= 15 is 0 Å². The molecule has 4 rings (SSSR count). The Hall–Kier alpha value is -1.56. The number of unbranched alkanes of at least 4 members (excludes halogenated alkanes) is 1. The maximum Gasteiger partial charge on any atom is -0.0181 e. The van der Waals surface area contributed by atoms with Gasteiger partial charge in [-0.25, -0.2) is 0 Å². The molecule has 1 saturated carbocycles. The molecule has 0 heterocycles. The van der Waals surface area contributed by atoms with Crippen molar-refractivity contribution < 1.29 is 0 Å². The standard InChI is InChI=1S/C28H38/c1-3-5-6-22-9-13-24(14-10-22)26-16-18-27-19-25(15-17-28(27)20-26)23-11-7-21(4-2)8-12-23/h7-8,11-12,15,17,19,22,24,26H,3-6,9-10,13-14,16,18,20H2,1-2H3. The number of rotatable bonds is 6. The van der Waals surface area contributed by atoms with Crippen LogP contribution in [-0.4, -0.2) is 0 Å². The molecule has 28 heavy (non-hydrogen) atoms. The molecular weight excluding hydrogens is 336 g/mol. The minimum Gasteiger partial charge on any atom is -0.0654 e. The molecule has 0 N–H and O–H groups in total. The lowest BCUT2D eigenvalue weighted by Gasteiger charge is -2.36. The van der Waals surface area contributed by atoms with Gasteiger partial charge in [0.15, 0.2) is 0 Å². The minimum absolute atomic E-state index is 0.939. The first kappa shape index (κ1) is 19.7. The molecule has 0 radical (unpaired) electrons. The largest absolute Gasteiger partial charge is 0.0654 e. The Kier molecular flexibility index (Phi) is 6.55. The summed E-state index contributed by atoms with van der Waals surface area (Å²) in [6, 6.07) is 16.4. The van der Waals surface area contributed by atoms with E-state index in [1.165, 1.54) is 80.9 Å². The zero-order chi connectivity index (χ0) is 19.3. The predicted molar refractivity (Wildman–Crippen MR) is 122 cm³/mol. The summed E-state index contributed by atoms with van der Waals surface area (Å²) in [5.41, 5.74) is 7.45. The summed E-state index contributed by atoms with van der Waals surface area (Å²) in [5, 5.41) is 0. The molecule has 0 amide bonds. The molecule has 0 bridgehead atoms. The first-order valence-corrected chi connectivity index (χ1v) is 12.0. The molecule has 0 nitrogen and oxygen atoms in total. The van der Waals surface area contributed by atoms with Gasteiger partial charge in [0.1, 0.15) is 0 Å². The van der Waals surface area contributed by atoms with Gasteiger partial charge in [0.25, 0.3) is 0 Å². The van der Waals surface area contributed by atoms with Crippen LogP contribution < -0.4 is 0 Å². The van der Waals surface area contributed by atoms with Crippen molar-refractivity contribution in [3.05, 3.63) is 59.2 Å². The molecule has 1 atom stereocenters. The van der Waals surface area contributed by atoms with Gasteiger partial charge in [-0.05, 0) is 84.1 Å². The van der Waals surface area contributed by atoms with E-state index in [9.17, 15) is 0 Å². The summed E-state index contributed by atoms with van der Waals surface area (Å²) in [6.45, 7) is 4.55. The third-order valence-electron chi connectivity index (χ3n) is 7.69. The lowest BCUT2D eigenvalue weighted by atomic mass is 9.69. The molecule has 1 unspecified atom stereocenters. The summed E-state index contributed by atoms with van der Waals surface area (Å²) < 4.78 is 0. The van der Waals surface area contributed by atoms with Gasteiger partial charge in [-0.2, -0.15) is 0 Å². The highest BCUT2D eigenvalue weighted by atomic mass is 14.3. The van der Waals surface area contributed by atoms with Crippen molar-refractivity contribution in [2.75, 3.05) is 0 Å². The Morgan fingerprint density at radius 3 is 2.21 bits per heavy atom. The van der Waals surface area contributed by atoms with Crippen LogP contribution in [0.25, 0.3) is 11.1 Å². The molecular formula is C28H38. The van der Waals surface area contributed by atoms with Crippen LogP contribution in [0.1, 0.15) is 81.9 Å². The lowest BCUT2D eigenvalue weighted by Crippen LogP contribution is -2.26. The lowest BCUT2D eigenvalue weighted by molar-refractivity contribution is 0.183. The number of hydrogen-bond donors (Lipinski definition) is 0. The highest BCUT2D eigenvalue weighted by molar-refractivity contribution is 5.65. The van der Waals surface area contributed by atoms with Gasteiger partial charge in [-0.3, -0.25) is 0 Å². The first-order chi connectivity index (χ1) is 13.8. The van der Waals surface area contributed by atoms with Crippen molar-refractivity contribution in [2.24, 2.45) is 17.8 Å². The Labute approximate surface area is 172 Å². The molecule has 0 aromatic heterocycles. The van der Waals surface area contributed by atoms with Crippen LogP contribution >= 0.6 is 0 Å². The second-order valence-electron chi connectivity index (χ2n) is 9.46. The monoisotopic (exact) mass is 374 g/mol. The highest BCUT2D eigenvalue weighted by Gasteiger charge is 2.30. The molecule has 0 aliphatic heterocycles. The molecule has 1 fully saturated rings. The molecule has 2 aromatic rings. The van der Waals surface area contributed by atoms with Crippen LogP contribution in [-0.2, 0) is 19.3 Å². The predicted octanol–water partition coefficient (Wildman–Crippen LogP) is 8.02. The summed E-state index contributed by atoms with van der Waals surface area (Å²) in [5.74, 6) is 2.97. The van der Waals surface area contributed by atoms with E-state index in [0.29, 0.717) is 0 Å². The molecule has 150 valence electrons. The van der Waals surface area contributed by atoms with Gasteiger partial charge in [0.2, 0.25) is 0 Å². The van der Waals surface area contributed by atoms with Crippen molar-refractivity contribution in [1.29, 1.82) is 0 Å². The molecule has 0 saturated heterocycles. The van der Waals surface area contributed by atoms with E-state index in [-0.39, 0.29) is 0 Å². The fraction of sp³-hybridized carbons (Fsp3) is 0.571. The highest BCUT2D eigenvalue weighted by Crippen LogP contribution is 2.41. The van der Waals surface area contributed by atoms with E-state index in [4.69, 9.17) is 0 Å². The average molecular weight is 375 g/mol. The summed E-state index contributed by atoms with van der Waals surface area (Å²) in [6.07, 6.45) is 15.4. The number of benzene rings is 2. The van der Waals surface area contributed by atoms with Crippen LogP contribution in [0.5, 0.6) is 0 Å². The van der Waals surface area contributed by atoms with Gasteiger partial charge in [-0.15, -0.1) is 0 Å². The van der Waals surface area contributed by atoms with Crippen molar-refractivity contribution in [3.63, 3.8) is 0 Å². The summed E-state index contributed by atoms with van der Waals surface area (Å²) >= 11 is 0. The van der Waals surface area contributed by atoms with Crippen LogP contribution in [0.15, 0.2) is 42.5 Å². The number of hydrogen-bond acceptors (Lipinski definition) is 0. The second kappa shape index (κ2) is 9.29. The Balaban J connectivity index is 1.38. The van der Waals surface area contributed by atoms with E-state index in [1.54, 1.807) is 11.1 Å². The first-order valence-electron chi connectivity index (χ1n) is 12.0. The summed E-state index contributed by atoms with van der Waals surface area (Å²) in [7, 11) is 0. The molecule has 0 spiro atoms. The van der Waals surface area contributed by atoms with Gasteiger partial charge >= 0.3 is 0 Å². The Morgan fingerprint density at radius 2 is 1.50 bits per heavy atom. The van der Waals surface area contributed by atoms with Crippen LogP contribution in [0.2, 0.25) is 0 Å². The van der Waals surface area contributed by atoms with Crippen LogP contribution in [0.4, 0.5) is 0 Å². The normalized spacial score (nSPS) is 24.7. The molecule has 0 heteroatoms. The molecule has 2 aromatic carbocycles. The Bertz CT molecular complexity index is 746. The molecule has 2 aliphatic rings. The fourth-order valence-corrected chi connectivity index (χ4v) is 5.74. The third-order valence-corrected chi connectivity index (χ3v) is 7.69. The number of aryl methyl sites for hydroxylation is 2. The number of fused-ring (bicyclic) bond motifs is 1. The summed E-state index contributed by atoms with van der Waals surface area (Å²) in [4.78, 5) is 0. The second-order valence-corrected chi connectivity index (χ2v) is 9.46. The molecule has 2 aliphatic carbocycles. The zero-order valence-corrected chi connectivity index (χ0v) is 18.1. The third kappa shape index (κ3) is 4.53. The Morgan fingerprint density at radius 1 is 0.750 bits per heavy atom. The smallest absolute Gasteiger partial charge is 0.0181 e. The van der Waals surface area contributed by atoms with Gasteiger partial charge in [0, 0.05) is 0 Å². The van der Waals surface area contributed by atoms with Gasteiger partial charge < -0.3 is 0 Å². The van der Waals surface area contributed by atoms with Crippen molar-refractivity contribution >= 4 is 0 Å². The average Bonchev–Trinajstić information content (AvgIpc) is 2.77. The van der Waals surface area contributed by atoms with Crippen LogP contribution in [0, 0.1) is 17.8 Å². The minimum atomic E-state index is 0.939. The SMILES string of the molecule is CCCCC1CCC(C2CCc3cc(-c4ccc(CC)cc4)ccc3C2)CC1. The van der Waals surface area contributed by atoms with E-state index < -0.39 is 0 Å². The van der Waals surface area contributed by atoms with E-state index in [0.717, 1.165) is 24.2 Å². The topological polar surface area (TPSA) is 0 Å². The van der Waals surface area contributed by atoms with Gasteiger partial charge in [0.05, 0.1) is 0 Å². The quantitative estimate of drug-likeness (QED) is 0.480. The van der Waals surface area contributed by atoms with Crippen molar-refractivity contribution in [3.8, 4) is 11.1 Å².